The highest BCUT2D eigenvalue weighted by molar-refractivity contribution is 4.84. The third-order valence-electron chi connectivity index (χ3n) is 1.90. The van der Waals surface area contributed by atoms with Gasteiger partial charge in [0, 0.05) is 0 Å². The van der Waals surface area contributed by atoms with Crippen LogP contribution in [0.3, 0.4) is 0 Å². The molecule has 0 fully saturated rings. The molecule has 0 aliphatic heterocycles. The second-order valence-corrected chi connectivity index (χ2v) is 5.55. The fourth-order valence-electron chi connectivity index (χ4n) is 1.18. The van der Waals surface area contributed by atoms with Crippen LogP contribution in [0, 0.1) is 11.3 Å². The molecule has 0 aliphatic rings. The molecule has 0 atom stereocenters. The van der Waals surface area contributed by atoms with Gasteiger partial charge >= 0.3 is 0 Å². The molecule has 0 unspecified atom stereocenters. The van der Waals surface area contributed by atoms with E-state index in [0.29, 0.717) is 11.3 Å². The Balaban J connectivity index is 3.23. The molecule has 1 N–H and O–H groups in total. The van der Waals surface area contributed by atoms with E-state index in [-0.39, 0.29) is 0 Å². The number of unbranched alkanes of at least 4 members (excludes halogenated alkanes) is 1. The number of rotatable bonds is 6. The van der Waals surface area contributed by atoms with Crippen molar-refractivity contribution in [3.8, 4) is 0 Å². The fraction of sp³-hybridized carbons (Fsp3) is 0.846. The van der Waals surface area contributed by atoms with E-state index in [2.05, 4.69) is 52.1 Å². The summed E-state index contributed by atoms with van der Waals surface area (Å²) < 4.78 is 0. The van der Waals surface area contributed by atoms with Crippen molar-refractivity contribution in [1.29, 1.82) is 0 Å². The van der Waals surface area contributed by atoms with Crippen LogP contribution in [0.4, 0.5) is 0 Å². The molecule has 0 heterocycles. The zero-order valence-corrected chi connectivity index (χ0v) is 10.6. The molecular weight excluding hydrogens is 170 g/mol. The fourth-order valence-corrected chi connectivity index (χ4v) is 1.18. The van der Waals surface area contributed by atoms with Crippen molar-refractivity contribution in [2.45, 2.75) is 47.5 Å². The Morgan fingerprint density at radius 2 is 1.86 bits per heavy atom. The van der Waals surface area contributed by atoms with Crippen molar-refractivity contribution in [3.63, 3.8) is 0 Å². The van der Waals surface area contributed by atoms with Gasteiger partial charge in [-0.15, -0.1) is 0 Å². The van der Waals surface area contributed by atoms with Crippen LogP contribution in [-0.4, -0.2) is 13.1 Å². The van der Waals surface area contributed by atoms with Crippen molar-refractivity contribution < 1.29 is 0 Å². The van der Waals surface area contributed by atoms with Crippen LogP contribution >= 0.6 is 0 Å². The van der Waals surface area contributed by atoms with Crippen LogP contribution in [0.25, 0.3) is 0 Å². The molecule has 0 saturated carbocycles. The van der Waals surface area contributed by atoms with Crippen molar-refractivity contribution in [2.75, 3.05) is 13.1 Å². The van der Waals surface area contributed by atoms with Gasteiger partial charge in [0.25, 0.3) is 0 Å². The van der Waals surface area contributed by atoms with E-state index in [1.807, 2.05) is 0 Å². The van der Waals surface area contributed by atoms with Crippen molar-refractivity contribution in [3.05, 3.63) is 12.2 Å². The van der Waals surface area contributed by atoms with Gasteiger partial charge < -0.3 is 5.32 Å². The van der Waals surface area contributed by atoms with Crippen LogP contribution in [0.1, 0.15) is 47.5 Å². The van der Waals surface area contributed by atoms with Gasteiger partial charge in [0.15, 0.2) is 0 Å². The van der Waals surface area contributed by atoms with Crippen LogP contribution in [-0.2, 0) is 0 Å². The first-order valence-electron chi connectivity index (χ1n) is 5.79. The Labute approximate surface area is 90.0 Å². The summed E-state index contributed by atoms with van der Waals surface area (Å²) in [6.45, 7) is 13.5. The largest absolute Gasteiger partial charge is 0.316 e. The molecule has 0 saturated heterocycles. The highest BCUT2D eigenvalue weighted by Crippen LogP contribution is 2.10. The van der Waals surface area contributed by atoms with Crippen LogP contribution in [0.2, 0.25) is 0 Å². The van der Waals surface area contributed by atoms with E-state index >= 15 is 0 Å². The maximum Gasteiger partial charge on any atom is -0.0000123 e. The molecule has 84 valence electrons. The SMILES string of the molecule is CC(C)C=CCCCNCC(C)(C)C. The predicted octanol–water partition coefficient (Wildman–Crippen LogP) is 3.61. The van der Waals surface area contributed by atoms with Gasteiger partial charge in [-0.25, -0.2) is 0 Å². The van der Waals surface area contributed by atoms with Gasteiger partial charge in [0.2, 0.25) is 0 Å². The van der Waals surface area contributed by atoms with E-state index in [1.54, 1.807) is 0 Å². The molecule has 0 spiro atoms. The number of hydrogen-bond acceptors (Lipinski definition) is 1. The predicted molar refractivity (Wildman–Crippen MR) is 65.5 cm³/mol. The summed E-state index contributed by atoms with van der Waals surface area (Å²) >= 11 is 0. The number of allylic oxidation sites excluding steroid dienone is 2. The minimum Gasteiger partial charge on any atom is -0.316 e. The van der Waals surface area contributed by atoms with Crippen molar-refractivity contribution in [1.82, 2.24) is 5.32 Å². The van der Waals surface area contributed by atoms with Gasteiger partial charge in [-0.2, -0.15) is 0 Å². The van der Waals surface area contributed by atoms with Crippen LogP contribution < -0.4 is 5.32 Å². The molecule has 0 aliphatic carbocycles. The zero-order chi connectivity index (χ0) is 11.0. The van der Waals surface area contributed by atoms with Gasteiger partial charge in [-0.1, -0.05) is 46.8 Å². The lowest BCUT2D eigenvalue weighted by Gasteiger charge is -2.18. The Hall–Kier alpha value is -0.300. The summed E-state index contributed by atoms with van der Waals surface area (Å²) in [5.41, 5.74) is 0.410. The van der Waals surface area contributed by atoms with E-state index in [4.69, 9.17) is 0 Å². The van der Waals surface area contributed by atoms with E-state index in [9.17, 15) is 0 Å². The second-order valence-electron chi connectivity index (χ2n) is 5.55. The summed E-state index contributed by atoms with van der Waals surface area (Å²) in [6, 6.07) is 0. The summed E-state index contributed by atoms with van der Waals surface area (Å²) in [4.78, 5) is 0. The molecule has 0 aromatic heterocycles. The third-order valence-corrected chi connectivity index (χ3v) is 1.90. The molecule has 1 heteroatoms. The molecule has 0 radical (unpaired) electrons. The van der Waals surface area contributed by atoms with Gasteiger partial charge in [-0.05, 0) is 37.3 Å². The monoisotopic (exact) mass is 197 g/mol. The Kier molecular flexibility index (Phi) is 6.90. The van der Waals surface area contributed by atoms with Gasteiger partial charge in [0.05, 0.1) is 0 Å². The first-order valence-corrected chi connectivity index (χ1v) is 5.79. The Morgan fingerprint density at radius 3 is 2.36 bits per heavy atom. The lowest BCUT2D eigenvalue weighted by molar-refractivity contribution is 0.379. The summed E-state index contributed by atoms with van der Waals surface area (Å²) in [7, 11) is 0. The van der Waals surface area contributed by atoms with Crippen molar-refractivity contribution in [2.24, 2.45) is 11.3 Å². The molecule has 14 heavy (non-hydrogen) atoms. The van der Waals surface area contributed by atoms with Gasteiger partial charge in [0.1, 0.15) is 0 Å². The maximum absolute atomic E-state index is 3.48. The highest BCUT2D eigenvalue weighted by Gasteiger charge is 2.07. The lowest BCUT2D eigenvalue weighted by Crippen LogP contribution is -2.27. The molecule has 0 bridgehead atoms. The Morgan fingerprint density at radius 1 is 1.21 bits per heavy atom. The zero-order valence-electron chi connectivity index (χ0n) is 10.6. The number of hydrogen-bond donors (Lipinski definition) is 1. The first kappa shape index (κ1) is 13.7. The topological polar surface area (TPSA) is 12.0 Å². The molecule has 0 aromatic rings. The van der Waals surface area contributed by atoms with E-state index < -0.39 is 0 Å². The smallest absolute Gasteiger partial charge is 0.0000123 e. The summed E-state index contributed by atoms with van der Waals surface area (Å²) in [5.74, 6) is 0.692. The van der Waals surface area contributed by atoms with Crippen LogP contribution in [0.15, 0.2) is 12.2 Å². The average molecular weight is 197 g/mol. The molecule has 0 rings (SSSR count). The lowest BCUT2D eigenvalue weighted by atomic mass is 9.97. The number of nitrogens with one attached hydrogen (secondary N) is 1. The minimum absolute atomic E-state index is 0.410. The van der Waals surface area contributed by atoms with E-state index in [0.717, 1.165) is 13.1 Å². The Bertz CT molecular complexity index is 151. The summed E-state index contributed by atoms with van der Waals surface area (Å²) in [5, 5.41) is 3.48. The second kappa shape index (κ2) is 7.05. The van der Waals surface area contributed by atoms with Gasteiger partial charge in [-0.3, -0.25) is 0 Å². The molecule has 0 aromatic carbocycles. The first-order chi connectivity index (χ1) is 6.42. The van der Waals surface area contributed by atoms with Crippen LogP contribution in [0.5, 0.6) is 0 Å². The quantitative estimate of drug-likeness (QED) is 0.506. The molecule has 0 amide bonds. The van der Waals surface area contributed by atoms with E-state index in [1.165, 1.54) is 12.8 Å². The average Bonchev–Trinajstić information content (AvgIpc) is 2.00. The normalized spacial score (nSPS) is 13.0. The molecular formula is C13H27N. The molecule has 1 nitrogen and oxygen atoms in total. The minimum atomic E-state index is 0.410. The standard InChI is InChI=1S/C13H27N/c1-12(2)9-7-6-8-10-14-11-13(3,4)5/h7,9,12,14H,6,8,10-11H2,1-5H3. The maximum atomic E-state index is 3.48. The summed E-state index contributed by atoms with van der Waals surface area (Å²) in [6.07, 6.45) is 7.03. The van der Waals surface area contributed by atoms with Crippen molar-refractivity contribution >= 4 is 0 Å². The highest BCUT2D eigenvalue weighted by atomic mass is 14.9. The third kappa shape index (κ3) is 11.7.